The van der Waals surface area contributed by atoms with Crippen LogP contribution in [0.25, 0.3) is 0 Å². The molecule has 0 aliphatic carbocycles. The largest absolute Gasteiger partial charge is 0.376 e. The van der Waals surface area contributed by atoms with Gasteiger partial charge in [0.2, 0.25) is 0 Å². The molecule has 0 aliphatic heterocycles. The lowest BCUT2D eigenvalue weighted by Gasteiger charge is -2.14. The van der Waals surface area contributed by atoms with Crippen molar-refractivity contribution in [1.29, 1.82) is 0 Å². The van der Waals surface area contributed by atoms with Crippen molar-refractivity contribution in [3.05, 3.63) is 0 Å². The summed E-state index contributed by atoms with van der Waals surface area (Å²) in [5, 5.41) is 0. The van der Waals surface area contributed by atoms with Gasteiger partial charge in [-0.2, -0.15) is 8.42 Å². The molecule has 0 radical (unpaired) electrons. The lowest BCUT2D eigenvalue weighted by atomic mass is 10.3. The van der Waals surface area contributed by atoms with E-state index in [1.807, 2.05) is 13.8 Å². The molecular formula is C8H18O4S. The normalized spacial score (nSPS) is 14.4. The van der Waals surface area contributed by atoms with Crippen LogP contribution < -0.4 is 0 Å². The van der Waals surface area contributed by atoms with Gasteiger partial charge in [0.25, 0.3) is 10.1 Å². The molecular weight excluding hydrogens is 192 g/mol. The summed E-state index contributed by atoms with van der Waals surface area (Å²) in [6, 6.07) is 0. The third-order valence-electron chi connectivity index (χ3n) is 1.48. The summed E-state index contributed by atoms with van der Waals surface area (Å²) in [6.07, 6.45) is 2.61. The lowest BCUT2D eigenvalue weighted by molar-refractivity contribution is 0.0204. The summed E-state index contributed by atoms with van der Waals surface area (Å²) in [5.74, 6) is 0. The fourth-order valence-electron chi connectivity index (χ4n) is 0.768. The smallest absolute Gasteiger partial charge is 0.264 e. The Morgan fingerprint density at radius 3 is 2.31 bits per heavy atom. The maximum Gasteiger partial charge on any atom is 0.264 e. The summed E-state index contributed by atoms with van der Waals surface area (Å²) < 4.78 is 31.3. The predicted molar refractivity (Wildman–Crippen MR) is 51.1 cm³/mol. The van der Waals surface area contributed by atoms with Gasteiger partial charge in [-0.05, 0) is 12.8 Å². The van der Waals surface area contributed by atoms with Crippen molar-refractivity contribution < 1.29 is 17.3 Å². The number of hydrogen-bond acceptors (Lipinski definition) is 4. The second-order valence-corrected chi connectivity index (χ2v) is 4.53. The van der Waals surface area contributed by atoms with E-state index in [0.717, 1.165) is 19.1 Å². The van der Waals surface area contributed by atoms with Crippen molar-refractivity contribution in [3.63, 3.8) is 0 Å². The highest BCUT2D eigenvalue weighted by Crippen LogP contribution is 2.01. The van der Waals surface area contributed by atoms with Crippen LogP contribution in [-0.2, 0) is 19.0 Å². The molecule has 1 unspecified atom stereocenters. The summed E-state index contributed by atoms with van der Waals surface area (Å²) >= 11 is 0. The Hall–Kier alpha value is -0.130. The van der Waals surface area contributed by atoms with Crippen LogP contribution in [0.3, 0.4) is 0 Å². The van der Waals surface area contributed by atoms with Crippen molar-refractivity contribution in [3.8, 4) is 0 Å². The van der Waals surface area contributed by atoms with Crippen molar-refractivity contribution in [2.45, 2.75) is 32.8 Å². The van der Waals surface area contributed by atoms with Crippen molar-refractivity contribution in [1.82, 2.24) is 0 Å². The van der Waals surface area contributed by atoms with Crippen LogP contribution in [0.4, 0.5) is 0 Å². The molecule has 0 N–H and O–H groups in total. The SMILES string of the molecule is CCCOC(CC)COS(C)(=O)=O. The second kappa shape index (κ2) is 6.34. The Kier molecular flexibility index (Phi) is 6.28. The fraction of sp³-hybridized carbons (Fsp3) is 1.00. The fourth-order valence-corrected chi connectivity index (χ4v) is 1.17. The third-order valence-corrected chi connectivity index (χ3v) is 2.05. The van der Waals surface area contributed by atoms with E-state index >= 15 is 0 Å². The van der Waals surface area contributed by atoms with Crippen LogP contribution in [0.2, 0.25) is 0 Å². The van der Waals surface area contributed by atoms with E-state index in [4.69, 9.17) is 4.74 Å². The van der Waals surface area contributed by atoms with Gasteiger partial charge in [-0.25, -0.2) is 0 Å². The first-order valence-corrected chi connectivity index (χ1v) is 6.27. The van der Waals surface area contributed by atoms with Gasteiger partial charge in [0.05, 0.1) is 19.0 Å². The molecule has 0 aromatic heterocycles. The Morgan fingerprint density at radius 2 is 1.92 bits per heavy atom. The van der Waals surface area contributed by atoms with Gasteiger partial charge in [0, 0.05) is 6.61 Å². The molecule has 0 fully saturated rings. The topological polar surface area (TPSA) is 52.6 Å². The molecule has 0 bridgehead atoms. The second-order valence-electron chi connectivity index (χ2n) is 2.89. The predicted octanol–water partition coefficient (Wildman–Crippen LogP) is 1.17. The van der Waals surface area contributed by atoms with Crippen molar-refractivity contribution in [2.24, 2.45) is 0 Å². The number of rotatable bonds is 7. The highest BCUT2D eigenvalue weighted by molar-refractivity contribution is 7.85. The molecule has 4 nitrogen and oxygen atoms in total. The Morgan fingerprint density at radius 1 is 1.31 bits per heavy atom. The van der Waals surface area contributed by atoms with Gasteiger partial charge >= 0.3 is 0 Å². The molecule has 0 aromatic carbocycles. The zero-order valence-corrected chi connectivity index (χ0v) is 9.26. The Balaban J connectivity index is 3.72. The van der Waals surface area contributed by atoms with E-state index in [0.29, 0.717) is 6.61 Å². The zero-order chi connectivity index (χ0) is 10.3. The first-order valence-electron chi connectivity index (χ1n) is 4.45. The van der Waals surface area contributed by atoms with Crippen LogP contribution in [0.15, 0.2) is 0 Å². The van der Waals surface area contributed by atoms with E-state index in [1.54, 1.807) is 0 Å². The third kappa shape index (κ3) is 8.21. The molecule has 13 heavy (non-hydrogen) atoms. The highest BCUT2D eigenvalue weighted by Gasteiger charge is 2.10. The van der Waals surface area contributed by atoms with E-state index < -0.39 is 10.1 Å². The molecule has 0 spiro atoms. The van der Waals surface area contributed by atoms with Gasteiger partial charge in [0.1, 0.15) is 0 Å². The average Bonchev–Trinajstić information content (AvgIpc) is 2.03. The monoisotopic (exact) mass is 210 g/mol. The van der Waals surface area contributed by atoms with Gasteiger partial charge < -0.3 is 4.74 Å². The summed E-state index contributed by atoms with van der Waals surface area (Å²) in [7, 11) is -3.33. The van der Waals surface area contributed by atoms with E-state index in [-0.39, 0.29) is 12.7 Å². The minimum atomic E-state index is -3.33. The molecule has 0 saturated carbocycles. The number of hydrogen-bond donors (Lipinski definition) is 0. The quantitative estimate of drug-likeness (QED) is 0.592. The van der Waals surface area contributed by atoms with E-state index in [2.05, 4.69) is 4.18 Å². The van der Waals surface area contributed by atoms with Gasteiger partial charge in [-0.1, -0.05) is 13.8 Å². The van der Waals surface area contributed by atoms with Gasteiger partial charge in [-0.15, -0.1) is 0 Å². The summed E-state index contributed by atoms with van der Waals surface area (Å²) in [4.78, 5) is 0. The highest BCUT2D eigenvalue weighted by atomic mass is 32.2. The van der Waals surface area contributed by atoms with E-state index in [9.17, 15) is 8.42 Å². The molecule has 0 aromatic rings. The zero-order valence-electron chi connectivity index (χ0n) is 8.45. The van der Waals surface area contributed by atoms with Crippen LogP contribution in [0, 0.1) is 0 Å². The molecule has 1 atom stereocenters. The molecule has 5 heteroatoms. The molecule has 80 valence electrons. The maximum atomic E-state index is 10.6. The standard InChI is InChI=1S/C8H18O4S/c1-4-6-11-8(5-2)7-12-13(3,9)10/h8H,4-7H2,1-3H3. The molecule has 0 rings (SSSR count). The minimum Gasteiger partial charge on any atom is -0.376 e. The van der Waals surface area contributed by atoms with Crippen LogP contribution in [-0.4, -0.2) is 34.0 Å². The van der Waals surface area contributed by atoms with Crippen molar-refractivity contribution in [2.75, 3.05) is 19.5 Å². The first kappa shape index (κ1) is 12.9. The maximum absolute atomic E-state index is 10.6. The van der Waals surface area contributed by atoms with Gasteiger partial charge in [-0.3, -0.25) is 4.18 Å². The van der Waals surface area contributed by atoms with Crippen molar-refractivity contribution >= 4 is 10.1 Å². The molecule has 0 heterocycles. The van der Waals surface area contributed by atoms with Gasteiger partial charge in [0.15, 0.2) is 0 Å². The minimum absolute atomic E-state index is 0.116. The van der Waals surface area contributed by atoms with E-state index in [1.165, 1.54) is 0 Å². The molecule has 0 amide bonds. The summed E-state index contributed by atoms with van der Waals surface area (Å²) in [5.41, 5.74) is 0. The Labute approximate surface area is 80.4 Å². The van der Waals surface area contributed by atoms with Crippen LogP contribution in [0.1, 0.15) is 26.7 Å². The lowest BCUT2D eigenvalue weighted by Crippen LogP contribution is -2.21. The molecule has 0 aliphatic rings. The first-order chi connectivity index (χ1) is 5.99. The number of ether oxygens (including phenoxy) is 1. The molecule has 0 saturated heterocycles. The van der Waals surface area contributed by atoms with Crippen LogP contribution in [0.5, 0.6) is 0 Å². The summed E-state index contributed by atoms with van der Waals surface area (Å²) in [6.45, 7) is 4.71. The Bertz CT molecular complexity index is 210. The van der Waals surface area contributed by atoms with Crippen LogP contribution >= 0.6 is 0 Å². The average molecular weight is 210 g/mol.